The van der Waals surface area contributed by atoms with Gasteiger partial charge in [-0.05, 0) is 24.3 Å². The number of hydrogen-bond donors (Lipinski definition) is 1. The molecule has 0 atom stereocenters. The second-order valence-electron chi connectivity index (χ2n) is 3.54. The van der Waals surface area contributed by atoms with Gasteiger partial charge in [0.1, 0.15) is 0 Å². The molecule has 1 aromatic heterocycles. The lowest BCUT2D eigenvalue weighted by molar-refractivity contribution is 1.49. The Labute approximate surface area is 98.9 Å². The van der Waals surface area contributed by atoms with Crippen molar-refractivity contribution in [3.63, 3.8) is 0 Å². The number of aromatic amines is 1. The molecule has 0 saturated carbocycles. The first-order valence-electron chi connectivity index (χ1n) is 4.79. The number of nitrogens with zero attached hydrogens (tertiary/aromatic N) is 1. The van der Waals surface area contributed by atoms with Crippen LogP contribution in [0.15, 0.2) is 42.5 Å². The van der Waals surface area contributed by atoms with Gasteiger partial charge in [0.05, 0.1) is 11.6 Å². The molecule has 0 amide bonds. The number of para-hydroxylation sites is 1. The number of benzene rings is 2. The Hall–Kier alpha value is -1.98. The summed E-state index contributed by atoms with van der Waals surface area (Å²) in [5.41, 5.74) is 2.89. The number of hydrogen-bond acceptors (Lipinski definition) is 1. The fourth-order valence-corrected chi connectivity index (χ4v) is 1.92. The SMILES string of the molecule is Cl.N#Cc1ccc2[nH]c3ccccc3c2c1. The molecule has 0 saturated heterocycles. The number of H-pyrrole nitrogens is 1. The second-order valence-corrected chi connectivity index (χ2v) is 3.54. The summed E-state index contributed by atoms with van der Waals surface area (Å²) in [6, 6.07) is 16.0. The molecule has 0 radical (unpaired) electrons. The highest BCUT2D eigenvalue weighted by atomic mass is 35.5. The topological polar surface area (TPSA) is 39.6 Å². The van der Waals surface area contributed by atoms with Crippen LogP contribution in [0.4, 0.5) is 0 Å². The van der Waals surface area contributed by atoms with Crippen LogP contribution in [0.5, 0.6) is 0 Å². The van der Waals surface area contributed by atoms with Crippen LogP contribution in [-0.4, -0.2) is 4.98 Å². The van der Waals surface area contributed by atoms with Gasteiger partial charge in [-0.1, -0.05) is 18.2 Å². The molecule has 3 aromatic rings. The van der Waals surface area contributed by atoms with Gasteiger partial charge in [-0.2, -0.15) is 5.26 Å². The molecule has 0 aliphatic rings. The summed E-state index contributed by atoms with van der Waals surface area (Å²) >= 11 is 0. The maximum Gasteiger partial charge on any atom is 0.0991 e. The van der Waals surface area contributed by atoms with Gasteiger partial charge < -0.3 is 4.98 Å². The van der Waals surface area contributed by atoms with Gasteiger partial charge in [0, 0.05) is 21.8 Å². The zero-order valence-electron chi connectivity index (χ0n) is 8.40. The summed E-state index contributed by atoms with van der Waals surface area (Å²) in [5.74, 6) is 0. The van der Waals surface area contributed by atoms with Crippen LogP contribution in [0.1, 0.15) is 5.56 Å². The minimum Gasteiger partial charge on any atom is -0.355 e. The average molecular weight is 229 g/mol. The highest BCUT2D eigenvalue weighted by Gasteiger charge is 2.03. The zero-order chi connectivity index (χ0) is 10.3. The van der Waals surface area contributed by atoms with Gasteiger partial charge in [-0.25, -0.2) is 0 Å². The Morgan fingerprint density at radius 2 is 1.69 bits per heavy atom. The van der Waals surface area contributed by atoms with Crippen molar-refractivity contribution in [1.82, 2.24) is 4.98 Å². The van der Waals surface area contributed by atoms with Crippen molar-refractivity contribution in [3.05, 3.63) is 48.0 Å². The van der Waals surface area contributed by atoms with E-state index in [0.29, 0.717) is 5.56 Å². The Morgan fingerprint density at radius 3 is 2.50 bits per heavy atom. The van der Waals surface area contributed by atoms with Gasteiger partial charge >= 0.3 is 0 Å². The average Bonchev–Trinajstić information content (AvgIpc) is 2.66. The van der Waals surface area contributed by atoms with Gasteiger partial charge in [0.25, 0.3) is 0 Å². The van der Waals surface area contributed by atoms with Crippen molar-refractivity contribution < 1.29 is 0 Å². The minimum atomic E-state index is 0. The molecule has 0 spiro atoms. The van der Waals surface area contributed by atoms with E-state index in [1.54, 1.807) is 0 Å². The van der Waals surface area contributed by atoms with Crippen LogP contribution in [0, 0.1) is 11.3 Å². The summed E-state index contributed by atoms with van der Waals surface area (Å²) in [6.07, 6.45) is 0. The number of fused-ring (bicyclic) bond motifs is 3. The molecule has 0 fully saturated rings. The number of aromatic nitrogens is 1. The first-order chi connectivity index (χ1) is 7.38. The standard InChI is InChI=1S/C13H8N2.ClH/c14-8-9-5-6-13-11(7-9)10-3-1-2-4-12(10)15-13;/h1-7,15H;1H. The second kappa shape index (κ2) is 3.88. The molecule has 2 aromatic carbocycles. The summed E-state index contributed by atoms with van der Waals surface area (Å²) in [6.45, 7) is 0. The van der Waals surface area contributed by atoms with Crippen molar-refractivity contribution in [2.24, 2.45) is 0 Å². The molecule has 0 bridgehead atoms. The number of nitrogens with one attached hydrogen (secondary N) is 1. The lowest BCUT2D eigenvalue weighted by Crippen LogP contribution is -1.72. The smallest absolute Gasteiger partial charge is 0.0991 e. The number of nitriles is 1. The van der Waals surface area contributed by atoms with E-state index in [-0.39, 0.29) is 12.4 Å². The Morgan fingerprint density at radius 1 is 0.938 bits per heavy atom. The van der Waals surface area contributed by atoms with E-state index < -0.39 is 0 Å². The Kier molecular flexibility index (Phi) is 2.55. The molecule has 3 heteroatoms. The fraction of sp³-hybridized carbons (Fsp3) is 0. The molecule has 0 aliphatic carbocycles. The molecule has 78 valence electrons. The van der Waals surface area contributed by atoms with Crippen LogP contribution >= 0.6 is 12.4 Å². The summed E-state index contributed by atoms with van der Waals surface area (Å²) in [4.78, 5) is 3.32. The van der Waals surface area contributed by atoms with Crippen LogP contribution in [0.2, 0.25) is 0 Å². The molecule has 0 unspecified atom stereocenters. The third-order valence-corrected chi connectivity index (χ3v) is 2.64. The van der Waals surface area contributed by atoms with Gasteiger partial charge in [-0.15, -0.1) is 12.4 Å². The number of rotatable bonds is 0. The molecule has 1 heterocycles. The fourth-order valence-electron chi connectivity index (χ4n) is 1.92. The number of halogens is 1. The first-order valence-corrected chi connectivity index (χ1v) is 4.79. The lowest BCUT2D eigenvalue weighted by Gasteiger charge is -1.91. The Balaban J connectivity index is 0.000000963. The highest BCUT2D eigenvalue weighted by molar-refractivity contribution is 6.07. The summed E-state index contributed by atoms with van der Waals surface area (Å²) in [5, 5.41) is 11.1. The monoisotopic (exact) mass is 228 g/mol. The third kappa shape index (κ3) is 1.42. The van der Waals surface area contributed by atoms with Crippen molar-refractivity contribution in [2.75, 3.05) is 0 Å². The predicted octanol–water partition coefficient (Wildman–Crippen LogP) is 3.61. The predicted molar refractivity (Wildman–Crippen MR) is 67.8 cm³/mol. The summed E-state index contributed by atoms with van der Waals surface area (Å²) < 4.78 is 0. The minimum absolute atomic E-state index is 0. The largest absolute Gasteiger partial charge is 0.355 e. The summed E-state index contributed by atoms with van der Waals surface area (Å²) in [7, 11) is 0. The van der Waals surface area contributed by atoms with E-state index in [0.717, 1.165) is 16.4 Å². The van der Waals surface area contributed by atoms with Gasteiger partial charge in [0.15, 0.2) is 0 Å². The van der Waals surface area contributed by atoms with E-state index in [1.165, 1.54) is 5.39 Å². The van der Waals surface area contributed by atoms with Crippen molar-refractivity contribution in [1.29, 1.82) is 5.26 Å². The third-order valence-electron chi connectivity index (χ3n) is 2.64. The van der Waals surface area contributed by atoms with E-state index in [1.807, 2.05) is 36.4 Å². The van der Waals surface area contributed by atoms with Crippen molar-refractivity contribution in [2.45, 2.75) is 0 Å². The Bertz CT molecular complexity index is 692. The van der Waals surface area contributed by atoms with Crippen molar-refractivity contribution in [3.8, 4) is 6.07 Å². The molecule has 16 heavy (non-hydrogen) atoms. The van der Waals surface area contributed by atoms with Crippen molar-refractivity contribution >= 4 is 34.2 Å². The van der Waals surface area contributed by atoms with Crippen LogP contribution in [0.25, 0.3) is 21.8 Å². The first kappa shape index (κ1) is 10.5. The quantitative estimate of drug-likeness (QED) is 0.627. The van der Waals surface area contributed by atoms with Crippen LogP contribution in [-0.2, 0) is 0 Å². The zero-order valence-corrected chi connectivity index (χ0v) is 9.21. The normalized spacial score (nSPS) is 9.94. The van der Waals surface area contributed by atoms with E-state index in [4.69, 9.17) is 5.26 Å². The van der Waals surface area contributed by atoms with Gasteiger partial charge in [-0.3, -0.25) is 0 Å². The lowest BCUT2D eigenvalue weighted by atomic mass is 10.1. The maximum atomic E-state index is 8.85. The highest BCUT2D eigenvalue weighted by Crippen LogP contribution is 2.25. The van der Waals surface area contributed by atoms with E-state index in [9.17, 15) is 0 Å². The van der Waals surface area contributed by atoms with E-state index >= 15 is 0 Å². The van der Waals surface area contributed by atoms with Crippen LogP contribution in [0.3, 0.4) is 0 Å². The molecule has 0 aliphatic heterocycles. The molecular formula is C13H9ClN2. The molecule has 3 rings (SSSR count). The molecular weight excluding hydrogens is 220 g/mol. The molecule has 2 nitrogen and oxygen atoms in total. The van der Waals surface area contributed by atoms with Crippen LogP contribution < -0.4 is 0 Å². The maximum absolute atomic E-state index is 8.85. The molecule has 1 N–H and O–H groups in total. The van der Waals surface area contributed by atoms with E-state index in [2.05, 4.69) is 17.1 Å². The van der Waals surface area contributed by atoms with Gasteiger partial charge in [0.2, 0.25) is 0 Å².